The Hall–Kier alpha value is -1.99. The fraction of sp³-hybridized carbons (Fsp3) is 0.562. The van der Waals surface area contributed by atoms with Gasteiger partial charge in [0.2, 0.25) is 0 Å². The Morgan fingerprint density at radius 2 is 1.88 bits per heavy atom. The fourth-order valence-electron chi connectivity index (χ4n) is 3.70. The third-order valence-corrected chi connectivity index (χ3v) is 4.90. The maximum atomic E-state index is 13.2. The maximum Gasteiger partial charge on any atom is 0.417 e. The first-order valence-corrected chi connectivity index (χ1v) is 7.74. The molecule has 2 fully saturated rings. The van der Waals surface area contributed by atoms with Crippen LogP contribution in [-0.4, -0.2) is 43.2 Å². The lowest BCUT2D eigenvalue weighted by Crippen LogP contribution is -2.50. The van der Waals surface area contributed by atoms with E-state index in [-0.39, 0.29) is 31.4 Å². The monoisotopic (exact) mass is 380 g/mol. The average molecular weight is 380 g/mol. The highest BCUT2D eigenvalue weighted by Gasteiger charge is 2.55. The zero-order valence-corrected chi connectivity index (χ0v) is 13.2. The van der Waals surface area contributed by atoms with E-state index >= 15 is 0 Å². The normalized spacial score (nSPS) is 27.3. The highest BCUT2D eigenvalue weighted by atomic mass is 19.4. The van der Waals surface area contributed by atoms with Gasteiger partial charge in [0.15, 0.2) is 6.10 Å². The van der Waals surface area contributed by atoms with Gasteiger partial charge in [-0.05, 0) is 18.2 Å². The van der Waals surface area contributed by atoms with Crippen LogP contribution in [0.25, 0.3) is 0 Å². The third kappa shape index (κ3) is 3.21. The van der Waals surface area contributed by atoms with Gasteiger partial charge in [0.1, 0.15) is 0 Å². The quantitative estimate of drug-likeness (QED) is 0.802. The molecule has 0 radical (unpaired) electrons. The van der Waals surface area contributed by atoms with Crippen LogP contribution in [0.4, 0.5) is 32.0 Å². The maximum absolute atomic E-state index is 13.2. The van der Waals surface area contributed by atoms with Gasteiger partial charge in [0, 0.05) is 24.1 Å². The molecule has 1 aromatic rings. The highest BCUT2D eigenvalue weighted by Crippen LogP contribution is 2.44. The molecule has 4 atom stereocenters. The molecule has 0 aliphatic carbocycles. The number of aliphatic hydroxyl groups excluding tert-OH is 1. The van der Waals surface area contributed by atoms with Crippen molar-refractivity contribution in [2.75, 3.05) is 24.7 Å². The minimum atomic E-state index is -4.92. The van der Waals surface area contributed by atoms with Gasteiger partial charge in [-0.3, -0.25) is 0 Å². The summed E-state index contributed by atoms with van der Waals surface area (Å²) in [5, 5.41) is 18.6. The standard InChI is InChI=1S/C16H14F6N2O2/c17-15(18,19)12-3-10(2-1-8(12)4-23)24-5-9-6-26-7-11(9)13(24)14(25)16(20,21)22/h1-3,9,11,13-14,25H,5-7H2/t9-,11+,13-,14?/m1/s1. The van der Waals surface area contributed by atoms with Crippen LogP contribution >= 0.6 is 0 Å². The third-order valence-electron chi connectivity index (χ3n) is 4.90. The van der Waals surface area contributed by atoms with Crippen molar-refractivity contribution < 1.29 is 36.2 Å². The van der Waals surface area contributed by atoms with E-state index < -0.39 is 41.5 Å². The molecule has 0 amide bonds. The molecule has 0 bridgehead atoms. The predicted octanol–water partition coefficient (Wildman–Crippen LogP) is 2.95. The lowest BCUT2D eigenvalue weighted by Gasteiger charge is -2.34. The zero-order valence-electron chi connectivity index (χ0n) is 13.2. The minimum Gasteiger partial charge on any atom is -0.382 e. The van der Waals surface area contributed by atoms with E-state index in [9.17, 15) is 31.4 Å². The first kappa shape index (κ1) is 18.8. The van der Waals surface area contributed by atoms with E-state index in [1.807, 2.05) is 0 Å². The van der Waals surface area contributed by atoms with Crippen molar-refractivity contribution in [3.63, 3.8) is 0 Å². The molecule has 0 spiro atoms. The fourth-order valence-corrected chi connectivity index (χ4v) is 3.70. The summed E-state index contributed by atoms with van der Waals surface area (Å²) in [6.07, 6.45) is -12.5. The molecule has 4 nitrogen and oxygen atoms in total. The average Bonchev–Trinajstić information content (AvgIpc) is 3.12. The number of ether oxygens (including phenoxy) is 1. The van der Waals surface area contributed by atoms with Crippen LogP contribution < -0.4 is 4.90 Å². The van der Waals surface area contributed by atoms with Gasteiger partial charge in [0.25, 0.3) is 0 Å². The first-order chi connectivity index (χ1) is 12.0. The number of benzene rings is 1. The van der Waals surface area contributed by atoms with Gasteiger partial charge in [0.05, 0.1) is 36.5 Å². The van der Waals surface area contributed by atoms with Crippen LogP contribution in [0.1, 0.15) is 11.1 Å². The Morgan fingerprint density at radius 3 is 2.46 bits per heavy atom. The summed E-state index contributed by atoms with van der Waals surface area (Å²) in [5.41, 5.74) is -1.94. The second kappa shape index (κ2) is 6.32. The Labute approximate surface area is 144 Å². The molecule has 2 saturated heterocycles. The van der Waals surface area contributed by atoms with Crippen molar-refractivity contribution in [1.82, 2.24) is 0 Å². The second-order valence-corrected chi connectivity index (χ2v) is 6.43. The Morgan fingerprint density at radius 1 is 1.19 bits per heavy atom. The van der Waals surface area contributed by atoms with Gasteiger partial charge in [-0.25, -0.2) is 0 Å². The molecule has 26 heavy (non-hydrogen) atoms. The summed E-state index contributed by atoms with van der Waals surface area (Å²) in [6, 6.07) is 2.75. The van der Waals surface area contributed by atoms with Crippen LogP contribution in [0.2, 0.25) is 0 Å². The van der Waals surface area contributed by atoms with E-state index in [0.717, 1.165) is 11.0 Å². The van der Waals surface area contributed by atoms with Crippen molar-refractivity contribution in [2.45, 2.75) is 24.5 Å². The molecular weight excluding hydrogens is 366 g/mol. The van der Waals surface area contributed by atoms with Gasteiger partial charge in [-0.2, -0.15) is 31.6 Å². The van der Waals surface area contributed by atoms with Gasteiger partial charge in [-0.1, -0.05) is 0 Å². The van der Waals surface area contributed by atoms with Crippen molar-refractivity contribution in [2.24, 2.45) is 11.8 Å². The SMILES string of the molecule is N#Cc1ccc(N2C[C@@H]3COC[C@@H]3[C@@H]2C(O)C(F)(F)F)cc1C(F)(F)F. The molecular formula is C16H14F6N2O2. The number of anilines is 1. The molecule has 1 unspecified atom stereocenters. The Balaban J connectivity index is 2.03. The zero-order chi connectivity index (χ0) is 19.3. The number of hydrogen-bond donors (Lipinski definition) is 1. The smallest absolute Gasteiger partial charge is 0.382 e. The van der Waals surface area contributed by atoms with Gasteiger partial charge >= 0.3 is 12.4 Å². The van der Waals surface area contributed by atoms with Crippen LogP contribution in [0.15, 0.2) is 18.2 Å². The first-order valence-electron chi connectivity index (χ1n) is 7.74. The number of alkyl halides is 6. The van der Waals surface area contributed by atoms with Crippen LogP contribution in [0.5, 0.6) is 0 Å². The van der Waals surface area contributed by atoms with E-state index in [2.05, 4.69) is 0 Å². The molecule has 3 rings (SSSR count). The molecule has 0 saturated carbocycles. The van der Waals surface area contributed by atoms with E-state index in [1.54, 1.807) is 0 Å². The largest absolute Gasteiger partial charge is 0.417 e. The number of nitrogens with zero attached hydrogens (tertiary/aromatic N) is 2. The molecule has 10 heteroatoms. The molecule has 2 aliphatic rings. The number of fused-ring (bicyclic) bond motifs is 1. The topological polar surface area (TPSA) is 56.5 Å². The number of aliphatic hydroxyl groups is 1. The molecule has 2 heterocycles. The molecule has 0 aromatic heterocycles. The van der Waals surface area contributed by atoms with Crippen LogP contribution in [-0.2, 0) is 10.9 Å². The van der Waals surface area contributed by atoms with Crippen LogP contribution in [0.3, 0.4) is 0 Å². The van der Waals surface area contributed by atoms with Crippen molar-refractivity contribution in [3.05, 3.63) is 29.3 Å². The second-order valence-electron chi connectivity index (χ2n) is 6.43. The minimum absolute atomic E-state index is 0.00137. The van der Waals surface area contributed by atoms with Crippen molar-refractivity contribution in [1.29, 1.82) is 5.26 Å². The number of halogens is 6. The Kier molecular flexibility index (Phi) is 4.56. The lowest BCUT2D eigenvalue weighted by molar-refractivity contribution is -0.212. The van der Waals surface area contributed by atoms with E-state index in [0.29, 0.717) is 6.07 Å². The summed E-state index contributed by atoms with van der Waals surface area (Å²) >= 11 is 0. The van der Waals surface area contributed by atoms with Gasteiger partial charge in [-0.15, -0.1) is 0 Å². The van der Waals surface area contributed by atoms with Crippen molar-refractivity contribution >= 4 is 5.69 Å². The predicted molar refractivity (Wildman–Crippen MR) is 77.2 cm³/mol. The summed E-state index contributed by atoms with van der Waals surface area (Å²) in [5.74, 6) is -0.960. The number of rotatable bonds is 2. The molecule has 1 N–H and O–H groups in total. The summed E-state index contributed by atoms with van der Waals surface area (Å²) in [6.45, 7) is 0.220. The van der Waals surface area contributed by atoms with E-state index in [4.69, 9.17) is 10.00 Å². The molecule has 1 aromatic carbocycles. The number of nitriles is 1. The lowest BCUT2D eigenvalue weighted by atomic mass is 9.90. The van der Waals surface area contributed by atoms with E-state index in [1.165, 1.54) is 12.1 Å². The van der Waals surface area contributed by atoms with Crippen molar-refractivity contribution in [3.8, 4) is 6.07 Å². The summed E-state index contributed by atoms with van der Waals surface area (Å²) in [4.78, 5) is 1.15. The summed E-state index contributed by atoms with van der Waals surface area (Å²) < 4.78 is 83.9. The van der Waals surface area contributed by atoms with Crippen LogP contribution in [0, 0.1) is 23.2 Å². The molecule has 2 aliphatic heterocycles. The highest BCUT2D eigenvalue weighted by molar-refractivity contribution is 5.56. The van der Waals surface area contributed by atoms with Gasteiger partial charge < -0.3 is 14.7 Å². The summed E-state index contributed by atoms with van der Waals surface area (Å²) in [7, 11) is 0. The number of hydrogen-bond acceptors (Lipinski definition) is 4. The molecule has 142 valence electrons. The Bertz CT molecular complexity index is 727.